The number of benzene rings is 1. The van der Waals surface area contributed by atoms with Crippen molar-refractivity contribution in [2.75, 3.05) is 16.0 Å². The third kappa shape index (κ3) is 8.81. The monoisotopic (exact) mass is 537 g/mol. The number of hydrogen-bond acceptors (Lipinski definition) is 3. The van der Waals surface area contributed by atoms with Gasteiger partial charge < -0.3 is 16.0 Å². The lowest BCUT2D eigenvalue weighted by Gasteiger charge is -2.36. The fourth-order valence-electron chi connectivity index (χ4n) is 6.88. The molecular weight excluding hydrogens is 486 g/mol. The van der Waals surface area contributed by atoms with E-state index >= 15 is 0 Å². The molecule has 3 aliphatic carbocycles. The zero-order valence-electron chi connectivity index (χ0n) is 24.6. The van der Waals surface area contributed by atoms with Gasteiger partial charge in [0.25, 0.3) is 0 Å². The Balaban J connectivity index is 1.47. The number of hydrogen-bond donors (Lipinski definition) is 3. The first-order valence-corrected chi connectivity index (χ1v) is 15.8. The fraction of sp³-hybridized carbons (Fsp3) is 0.727. The minimum Gasteiger partial charge on any atom is -0.326 e. The van der Waals surface area contributed by atoms with Gasteiger partial charge in [0.05, 0.1) is 0 Å². The zero-order valence-corrected chi connectivity index (χ0v) is 24.6. The lowest BCUT2D eigenvalue weighted by molar-refractivity contribution is -0.121. The van der Waals surface area contributed by atoms with Gasteiger partial charge in [-0.1, -0.05) is 72.1 Å². The lowest BCUT2D eigenvalue weighted by Crippen LogP contribution is -2.31. The van der Waals surface area contributed by atoms with E-state index in [0.29, 0.717) is 23.0 Å². The van der Waals surface area contributed by atoms with Gasteiger partial charge in [-0.25, -0.2) is 0 Å². The Morgan fingerprint density at radius 3 is 1.13 bits per heavy atom. The Morgan fingerprint density at radius 1 is 0.513 bits per heavy atom. The number of anilines is 3. The summed E-state index contributed by atoms with van der Waals surface area (Å²) in [6.45, 7) is 6.87. The smallest absolute Gasteiger partial charge is 0.227 e. The maximum absolute atomic E-state index is 13.3. The number of rotatable bonds is 6. The van der Waals surface area contributed by atoms with Crippen LogP contribution < -0.4 is 16.0 Å². The highest BCUT2D eigenvalue weighted by Crippen LogP contribution is 2.40. The zero-order chi connectivity index (χ0) is 27.8. The molecule has 3 N–H and O–H groups in total. The summed E-state index contributed by atoms with van der Waals surface area (Å²) in [5.41, 5.74) is 2.17. The predicted molar refractivity (Wildman–Crippen MR) is 160 cm³/mol. The maximum Gasteiger partial charge on any atom is 0.227 e. The van der Waals surface area contributed by atoms with Gasteiger partial charge in [-0.2, -0.15) is 0 Å². The molecule has 0 aliphatic heterocycles. The van der Waals surface area contributed by atoms with Gasteiger partial charge in [0.15, 0.2) is 0 Å². The molecule has 3 saturated carbocycles. The molecule has 0 bridgehead atoms. The van der Waals surface area contributed by atoms with Crippen LogP contribution in [0.2, 0.25) is 0 Å². The van der Waals surface area contributed by atoms with E-state index in [4.69, 9.17) is 0 Å². The van der Waals surface area contributed by atoms with Crippen LogP contribution in [0.3, 0.4) is 0 Å². The van der Waals surface area contributed by atoms with Crippen molar-refractivity contribution < 1.29 is 14.4 Å². The molecule has 6 nitrogen and oxygen atoms in total. The highest BCUT2D eigenvalue weighted by Gasteiger charge is 2.32. The Hall–Kier alpha value is -2.37. The summed E-state index contributed by atoms with van der Waals surface area (Å²) in [6.07, 6.45) is 16.8. The molecule has 0 atom stereocenters. The van der Waals surface area contributed by atoms with E-state index in [-0.39, 0.29) is 40.9 Å². The minimum atomic E-state index is -0.00290. The van der Waals surface area contributed by atoms with Crippen LogP contribution in [-0.2, 0) is 14.4 Å². The third-order valence-corrected chi connectivity index (χ3v) is 9.51. The Kier molecular flexibility index (Phi) is 10.5. The van der Waals surface area contributed by atoms with E-state index in [1.165, 1.54) is 25.7 Å². The van der Waals surface area contributed by atoms with Crippen molar-refractivity contribution in [3.05, 3.63) is 18.2 Å². The van der Waals surface area contributed by atoms with Gasteiger partial charge in [0.1, 0.15) is 0 Å². The Bertz CT molecular complexity index is 922. The van der Waals surface area contributed by atoms with Gasteiger partial charge in [-0.3, -0.25) is 14.4 Å². The van der Waals surface area contributed by atoms with E-state index in [9.17, 15) is 14.4 Å². The van der Waals surface area contributed by atoms with Crippen LogP contribution in [0, 0.1) is 29.1 Å². The molecule has 0 radical (unpaired) electrons. The molecule has 1 aromatic rings. The first kappa shape index (κ1) is 29.6. The summed E-state index contributed by atoms with van der Waals surface area (Å²) in [6, 6.07) is 5.52. The highest BCUT2D eigenvalue weighted by molar-refractivity contribution is 5.99. The molecule has 3 fully saturated rings. The molecule has 0 heterocycles. The van der Waals surface area contributed by atoms with Crippen molar-refractivity contribution in [1.29, 1.82) is 0 Å². The molecule has 0 spiro atoms. The quantitative estimate of drug-likeness (QED) is 0.319. The van der Waals surface area contributed by atoms with Gasteiger partial charge in [0.2, 0.25) is 17.7 Å². The highest BCUT2D eigenvalue weighted by atomic mass is 16.2. The van der Waals surface area contributed by atoms with Crippen LogP contribution in [0.15, 0.2) is 18.2 Å². The first-order chi connectivity index (χ1) is 18.7. The van der Waals surface area contributed by atoms with Gasteiger partial charge in [-0.05, 0) is 80.9 Å². The van der Waals surface area contributed by atoms with Crippen LogP contribution in [0.4, 0.5) is 17.1 Å². The molecular formula is C33H51N3O3. The van der Waals surface area contributed by atoms with E-state index in [1.54, 1.807) is 0 Å². The number of carbonyl (C=O) groups excluding carboxylic acids is 3. The van der Waals surface area contributed by atoms with Crippen LogP contribution >= 0.6 is 0 Å². The van der Waals surface area contributed by atoms with Gasteiger partial charge >= 0.3 is 0 Å². The summed E-state index contributed by atoms with van der Waals surface area (Å²) >= 11 is 0. The van der Waals surface area contributed by atoms with Gasteiger partial charge in [-0.15, -0.1) is 0 Å². The predicted octanol–water partition coefficient (Wildman–Crippen LogP) is 8.30. The van der Waals surface area contributed by atoms with Gasteiger partial charge in [0, 0.05) is 34.8 Å². The third-order valence-electron chi connectivity index (χ3n) is 9.51. The second kappa shape index (κ2) is 13.8. The summed E-state index contributed by atoms with van der Waals surface area (Å²) in [5.74, 6) is 0.812. The van der Waals surface area contributed by atoms with Crippen molar-refractivity contribution in [3.63, 3.8) is 0 Å². The second-order valence-corrected chi connectivity index (χ2v) is 13.6. The molecule has 216 valence electrons. The van der Waals surface area contributed by atoms with E-state index in [1.807, 2.05) is 18.2 Å². The Morgan fingerprint density at radius 2 is 0.821 bits per heavy atom. The average Bonchev–Trinajstić information content (AvgIpc) is 3.34. The van der Waals surface area contributed by atoms with Crippen molar-refractivity contribution in [2.45, 2.75) is 124 Å². The molecule has 3 aliphatic rings. The molecule has 39 heavy (non-hydrogen) atoms. The Labute approximate surface area is 235 Å². The normalized spacial score (nSPS) is 23.8. The van der Waals surface area contributed by atoms with Crippen LogP contribution in [0.1, 0.15) is 124 Å². The van der Waals surface area contributed by atoms with E-state index < -0.39 is 0 Å². The van der Waals surface area contributed by atoms with Crippen LogP contribution in [0.5, 0.6) is 0 Å². The summed E-state index contributed by atoms with van der Waals surface area (Å²) in [5, 5.41) is 9.36. The number of amides is 3. The largest absolute Gasteiger partial charge is 0.326 e. The summed E-state index contributed by atoms with van der Waals surface area (Å²) in [4.78, 5) is 39.6. The van der Waals surface area contributed by atoms with Crippen molar-refractivity contribution in [1.82, 2.24) is 0 Å². The molecule has 1 aromatic carbocycles. The fourth-order valence-corrected chi connectivity index (χ4v) is 6.88. The van der Waals surface area contributed by atoms with E-state index in [2.05, 4.69) is 36.7 Å². The number of carbonyl (C=O) groups is 3. The standard InChI is InChI=1S/C33H51N3O3/c1-33(2,3)26-18-16-25(17-19-26)32(39)36-29-21-27(34-30(37)23-12-8-4-5-9-13-23)20-28(22-29)35-31(38)24-14-10-6-7-11-15-24/h20-26H,4-19H2,1-3H3,(H,34,37)(H,35,38)(H,36,39)/t25-,26+. The topological polar surface area (TPSA) is 87.3 Å². The average molecular weight is 538 g/mol. The van der Waals surface area contributed by atoms with Crippen LogP contribution in [-0.4, -0.2) is 17.7 Å². The molecule has 6 heteroatoms. The molecule has 4 rings (SSSR count). The molecule has 0 unspecified atom stereocenters. The van der Waals surface area contributed by atoms with E-state index in [0.717, 1.165) is 77.0 Å². The number of nitrogens with one attached hydrogen (secondary N) is 3. The first-order valence-electron chi connectivity index (χ1n) is 15.8. The minimum absolute atomic E-state index is 0.00290. The van der Waals surface area contributed by atoms with Crippen molar-refractivity contribution in [2.24, 2.45) is 29.1 Å². The van der Waals surface area contributed by atoms with Crippen LogP contribution in [0.25, 0.3) is 0 Å². The molecule has 0 saturated heterocycles. The maximum atomic E-state index is 13.3. The summed E-state index contributed by atoms with van der Waals surface area (Å²) < 4.78 is 0. The SMILES string of the molecule is CC(C)(C)[C@H]1CC[C@@H](C(=O)Nc2cc(NC(=O)C3CCCCCC3)cc(NC(=O)C3CCCCCC3)c2)CC1. The lowest BCUT2D eigenvalue weighted by atomic mass is 9.69. The summed E-state index contributed by atoms with van der Waals surface area (Å²) in [7, 11) is 0. The molecule has 0 aromatic heterocycles. The second-order valence-electron chi connectivity index (χ2n) is 13.6. The van der Waals surface area contributed by atoms with Crippen molar-refractivity contribution in [3.8, 4) is 0 Å². The van der Waals surface area contributed by atoms with Crippen molar-refractivity contribution >= 4 is 34.8 Å². The molecule has 3 amide bonds.